The number of rotatable bonds is 9. The Bertz CT molecular complexity index is 398. The summed E-state index contributed by atoms with van der Waals surface area (Å²) in [5.74, 6) is 0.811. The van der Waals surface area contributed by atoms with Crippen LogP contribution in [0, 0.1) is 0 Å². The minimum Gasteiger partial charge on any atom is -0.496 e. The Morgan fingerprint density at radius 2 is 1.70 bits per heavy atom. The van der Waals surface area contributed by atoms with Crippen molar-refractivity contribution in [2.75, 3.05) is 27.4 Å². The van der Waals surface area contributed by atoms with E-state index in [0.29, 0.717) is 23.6 Å². The van der Waals surface area contributed by atoms with Crippen LogP contribution in [0.25, 0.3) is 0 Å². The fourth-order valence-corrected chi connectivity index (χ4v) is 1.96. The lowest BCUT2D eigenvalue weighted by Crippen LogP contribution is -2.25. The van der Waals surface area contributed by atoms with E-state index in [2.05, 4.69) is 5.32 Å². The van der Waals surface area contributed by atoms with Gasteiger partial charge in [-0.3, -0.25) is 4.79 Å². The van der Waals surface area contributed by atoms with E-state index in [1.807, 2.05) is 0 Å². The number of nitrogens with one attached hydrogen (secondary N) is 1. The second-order valence-electron chi connectivity index (χ2n) is 4.43. The summed E-state index contributed by atoms with van der Waals surface area (Å²) in [4.78, 5) is 12.2. The van der Waals surface area contributed by atoms with E-state index in [1.165, 1.54) is 14.2 Å². The molecule has 1 aromatic carbocycles. The number of aliphatic hydroxyl groups is 1. The Morgan fingerprint density at radius 1 is 1.10 bits per heavy atom. The first-order chi connectivity index (χ1) is 9.74. The number of ether oxygens (including phenoxy) is 2. The molecule has 1 amide bonds. The zero-order valence-electron chi connectivity index (χ0n) is 12.1. The highest BCUT2D eigenvalue weighted by atomic mass is 16.5. The number of hydrogen-bond donors (Lipinski definition) is 2. The molecule has 0 aliphatic carbocycles. The highest BCUT2D eigenvalue weighted by molar-refractivity contribution is 5.99. The zero-order valence-corrected chi connectivity index (χ0v) is 12.1. The van der Waals surface area contributed by atoms with Gasteiger partial charge in [0.05, 0.1) is 14.2 Å². The molecule has 2 N–H and O–H groups in total. The van der Waals surface area contributed by atoms with E-state index >= 15 is 0 Å². The largest absolute Gasteiger partial charge is 0.496 e. The minimum absolute atomic E-state index is 0.193. The molecule has 5 heteroatoms. The van der Waals surface area contributed by atoms with Crippen LogP contribution < -0.4 is 14.8 Å². The number of carbonyl (C=O) groups excluding carboxylic acids is 1. The van der Waals surface area contributed by atoms with Crippen molar-refractivity contribution in [2.24, 2.45) is 0 Å². The maximum atomic E-state index is 12.2. The van der Waals surface area contributed by atoms with Crippen LogP contribution in [-0.2, 0) is 0 Å². The van der Waals surface area contributed by atoms with Gasteiger partial charge in [0.15, 0.2) is 0 Å². The van der Waals surface area contributed by atoms with Gasteiger partial charge in [0, 0.05) is 13.2 Å². The maximum absolute atomic E-state index is 12.2. The molecule has 0 saturated heterocycles. The Morgan fingerprint density at radius 3 is 2.25 bits per heavy atom. The maximum Gasteiger partial charge on any atom is 0.258 e. The van der Waals surface area contributed by atoms with Crippen LogP contribution in [0.2, 0.25) is 0 Å². The molecule has 0 aromatic heterocycles. The number of amides is 1. The summed E-state index contributed by atoms with van der Waals surface area (Å²) in [5.41, 5.74) is 0.424. The van der Waals surface area contributed by atoms with E-state index in [0.717, 1.165) is 25.7 Å². The summed E-state index contributed by atoms with van der Waals surface area (Å²) >= 11 is 0. The van der Waals surface area contributed by atoms with Crippen molar-refractivity contribution in [3.05, 3.63) is 23.8 Å². The van der Waals surface area contributed by atoms with Crippen molar-refractivity contribution in [2.45, 2.75) is 25.7 Å². The summed E-state index contributed by atoms with van der Waals surface area (Å²) in [6.07, 6.45) is 3.67. The van der Waals surface area contributed by atoms with Gasteiger partial charge in [-0.2, -0.15) is 0 Å². The molecular formula is C15H23NO4. The SMILES string of the molecule is COc1cccc(OC)c1C(=O)NCCCCCCO. The smallest absolute Gasteiger partial charge is 0.258 e. The Kier molecular flexibility index (Phi) is 7.50. The van der Waals surface area contributed by atoms with Crippen molar-refractivity contribution in [1.29, 1.82) is 0 Å². The van der Waals surface area contributed by atoms with E-state index in [9.17, 15) is 4.79 Å². The molecule has 0 bridgehead atoms. The van der Waals surface area contributed by atoms with Crippen molar-refractivity contribution in [1.82, 2.24) is 5.32 Å². The Balaban J connectivity index is 2.54. The molecule has 0 radical (unpaired) electrons. The molecule has 0 spiro atoms. The molecule has 0 heterocycles. The molecule has 0 fully saturated rings. The summed E-state index contributed by atoms with van der Waals surface area (Å²) in [6, 6.07) is 5.25. The lowest BCUT2D eigenvalue weighted by Gasteiger charge is -2.12. The average Bonchev–Trinajstić information content (AvgIpc) is 2.49. The lowest BCUT2D eigenvalue weighted by atomic mass is 10.1. The van der Waals surface area contributed by atoms with Crippen LogP contribution in [0.4, 0.5) is 0 Å². The van der Waals surface area contributed by atoms with E-state index in [1.54, 1.807) is 18.2 Å². The summed E-state index contributed by atoms with van der Waals surface area (Å²) < 4.78 is 10.4. The second-order valence-corrected chi connectivity index (χ2v) is 4.43. The molecule has 5 nitrogen and oxygen atoms in total. The van der Waals surface area contributed by atoms with Gasteiger partial charge < -0.3 is 19.9 Å². The molecule has 0 aliphatic heterocycles. The normalized spacial score (nSPS) is 10.2. The number of hydrogen-bond acceptors (Lipinski definition) is 4. The standard InChI is InChI=1S/C15H23NO4/c1-19-12-8-7-9-13(20-2)14(12)15(18)16-10-5-3-4-6-11-17/h7-9,17H,3-6,10-11H2,1-2H3,(H,16,18). The molecule has 0 saturated carbocycles. The van der Waals surface area contributed by atoms with Gasteiger partial charge in [0.2, 0.25) is 0 Å². The Hall–Kier alpha value is -1.75. The lowest BCUT2D eigenvalue weighted by molar-refractivity contribution is 0.0946. The van der Waals surface area contributed by atoms with Crippen LogP contribution in [0.1, 0.15) is 36.0 Å². The molecule has 0 atom stereocenters. The summed E-state index contributed by atoms with van der Waals surface area (Å²) in [7, 11) is 3.06. The van der Waals surface area contributed by atoms with Crippen LogP contribution >= 0.6 is 0 Å². The number of unbranched alkanes of at least 4 members (excludes halogenated alkanes) is 3. The molecule has 112 valence electrons. The number of methoxy groups -OCH3 is 2. The van der Waals surface area contributed by atoms with Gasteiger partial charge in [0.25, 0.3) is 5.91 Å². The number of carbonyl (C=O) groups is 1. The van der Waals surface area contributed by atoms with Crippen LogP contribution in [-0.4, -0.2) is 38.4 Å². The first-order valence-electron chi connectivity index (χ1n) is 6.84. The summed E-state index contributed by atoms with van der Waals surface area (Å²) in [5, 5.41) is 11.5. The van der Waals surface area contributed by atoms with Crippen molar-refractivity contribution < 1.29 is 19.4 Å². The predicted octanol–water partition coefficient (Wildman–Crippen LogP) is 1.99. The van der Waals surface area contributed by atoms with Gasteiger partial charge in [-0.15, -0.1) is 0 Å². The highest BCUT2D eigenvalue weighted by Gasteiger charge is 2.17. The van der Waals surface area contributed by atoms with E-state index in [4.69, 9.17) is 14.6 Å². The van der Waals surface area contributed by atoms with Gasteiger partial charge in [0.1, 0.15) is 17.1 Å². The number of benzene rings is 1. The van der Waals surface area contributed by atoms with Crippen LogP contribution in [0.15, 0.2) is 18.2 Å². The molecule has 20 heavy (non-hydrogen) atoms. The first-order valence-corrected chi connectivity index (χ1v) is 6.84. The third kappa shape index (κ3) is 4.74. The van der Waals surface area contributed by atoms with Gasteiger partial charge in [-0.25, -0.2) is 0 Å². The molecule has 0 aliphatic rings. The molecular weight excluding hydrogens is 258 g/mol. The van der Waals surface area contributed by atoms with Gasteiger partial charge in [-0.1, -0.05) is 18.9 Å². The van der Waals surface area contributed by atoms with Gasteiger partial charge in [-0.05, 0) is 25.0 Å². The highest BCUT2D eigenvalue weighted by Crippen LogP contribution is 2.27. The first kappa shape index (κ1) is 16.3. The van der Waals surface area contributed by atoms with Crippen LogP contribution in [0.5, 0.6) is 11.5 Å². The van der Waals surface area contributed by atoms with Crippen molar-refractivity contribution >= 4 is 5.91 Å². The quantitative estimate of drug-likeness (QED) is 0.679. The fraction of sp³-hybridized carbons (Fsp3) is 0.533. The van der Waals surface area contributed by atoms with Gasteiger partial charge >= 0.3 is 0 Å². The summed E-state index contributed by atoms with van der Waals surface area (Å²) in [6.45, 7) is 0.830. The van der Waals surface area contributed by atoms with Crippen molar-refractivity contribution in [3.8, 4) is 11.5 Å². The minimum atomic E-state index is -0.193. The van der Waals surface area contributed by atoms with Crippen LogP contribution in [0.3, 0.4) is 0 Å². The average molecular weight is 281 g/mol. The predicted molar refractivity (Wildman–Crippen MR) is 77.4 cm³/mol. The third-order valence-electron chi connectivity index (χ3n) is 3.03. The van der Waals surface area contributed by atoms with E-state index < -0.39 is 0 Å². The second kappa shape index (κ2) is 9.20. The molecule has 1 rings (SSSR count). The molecule has 1 aromatic rings. The number of aliphatic hydroxyl groups excluding tert-OH is 1. The fourth-order valence-electron chi connectivity index (χ4n) is 1.96. The van der Waals surface area contributed by atoms with E-state index in [-0.39, 0.29) is 12.5 Å². The Labute approximate surface area is 119 Å². The third-order valence-corrected chi connectivity index (χ3v) is 3.03. The van der Waals surface area contributed by atoms with Crippen molar-refractivity contribution in [3.63, 3.8) is 0 Å². The monoisotopic (exact) mass is 281 g/mol. The zero-order chi connectivity index (χ0) is 14.8. The molecule has 0 unspecified atom stereocenters. The topological polar surface area (TPSA) is 67.8 Å².